The molecular weight excluding hydrogens is 449 g/mol. The predicted molar refractivity (Wildman–Crippen MR) is 133 cm³/mol. The molecular formula is C22H31ClN5O3P. The molecule has 32 heavy (non-hydrogen) atoms. The molecule has 10 heteroatoms. The second-order valence-electron chi connectivity index (χ2n) is 8.22. The molecule has 1 aliphatic rings. The first-order chi connectivity index (χ1) is 15.2. The number of halogens is 1. The lowest BCUT2D eigenvalue weighted by molar-refractivity contribution is -0.113. The Kier molecular flexibility index (Phi) is 8.06. The highest BCUT2D eigenvalue weighted by atomic mass is 35.5. The van der Waals surface area contributed by atoms with Crippen molar-refractivity contribution in [1.29, 1.82) is 0 Å². The number of methoxy groups -OCH3 is 1. The summed E-state index contributed by atoms with van der Waals surface area (Å²) in [7, 11) is -0.832. The van der Waals surface area contributed by atoms with Crippen LogP contribution < -0.4 is 36.6 Å². The van der Waals surface area contributed by atoms with Crippen LogP contribution in [0.4, 0.5) is 17.1 Å². The molecule has 8 nitrogen and oxygen atoms in total. The largest absolute Gasteiger partial charge is 0.495 e. The van der Waals surface area contributed by atoms with Gasteiger partial charge in [0.15, 0.2) is 0 Å². The van der Waals surface area contributed by atoms with Crippen LogP contribution >= 0.6 is 18.7 Å². The van der Waals surface area contributed by atoms with Crippen LogP contribution in [0, 0.1) is 5.92 Å². The molecule has 0 aromatic heterocycles. The lowest BCUT2D eigenvalue weighted by Crippen LogP contribution is -2.63. The van der Waals surface area contributed by atoms with Gasteiger partial charge in [-0.15, -0.1) is 11.6 Å². The first kappa shape index (κ1) is 24.4. The zero-order valence-electron chi connectivity index (χ0n) is 18.7. The van der Waals surface area contributed by atoms with Gasteiger partial charge in [-0.3, -0.25) is 15.4 Å². The number of ether oxygens (including phenoxy) is 1. The van der Waals surface area contributed by atoms with E-state index in [-0.39, 0.29) is 30.2 Å². The molecule has 0 aliphatic carbocycles. The zero-order valence-corrected chi connectivity index (χ0v) is 20.4. The van der Waals surface area contributed by atoms with Crippen molar-refractivity contribution in [3.8, 4) is 5.75 Å². The molecule has 174 valence electrons. The van der Waals surface area contributed by atoms with E-state index in [9.17, 15) is 9.36 Å². The molecule has 3 rings (SSSR count). The van der Waals surface area contributed by atoms with Crippen LogP contribution in [0.5, 0.6) is 5.75 Å². The van der Waals surface area contributed by atoms with E-state index in [1.807, 2.05) is 24.3 Å². The fourth-order valence-electron chi connectivity index (χ4n) is 3.58. The monoisotopic (exact) mass is 479 g/mol. The van der Waals surface area contributed by atoms with Crippen LogP contribution in [0.2, 0.25) is 0 Å². The van der Waals surface area contributed by atoms with E-state index in [1.165, 1.54) is 0 Å². The van der Waals surface area contributed by atoms with Crippen molar-refractivity contribution < 1.29 is 14.1 Å². The molecule has 0 saturated carbocycles. The summed E-state index contributed by atoms with van der Waals surface area (Å²) in [6, 6.07) is 13.1. The van der Waals surface area contributed by atoms with Crippen molar-refractivity contribution in [1.82, 2.24) is 10.6 Å². The maximum absolute atomic E-state index is 12.7. The molecule has 2 aromatic rings. The highest BCUT2D eigenvalue weighted by molar-refractivity contribution is 7.70. The lowest BCUT2D eigenvalue weighted by Gasteiger charge is -2.39. The van der Waals surface area contributed by atoms with Gasteiger partial charge in [-0.25, -0.2) is 0 Å². The number of hydrogen-bond acceptors (Lipinski definition) is 7. The highest BCUT2D eigenvalue weighted by Crippen LogP contribution is 2.38. The van der Waals surface area contributed by atoms with Crippen molar-refractivity contribution in [3.63, 3.8) is 0 Å². The Morgan fingerprint density at radius 3 is 2.62 bits per heavy atom. The second-order valence-corrected chi connectivity index (χ2v) is 11.7. The van der Waals surface area contributed by atoms with Gasteiger partial charge in [0.1, 0.15) is 25.1 Å². The number of para-hydroxylation sites is 1. The van der Waals surface area contributed by atoms with Gasteiger partial charge in [0.25, 0.3) is 0 Å². The number of nitrogens with one attached hydrogen (secondary N) is 5. The third-order valence-corrected chi connectivity index (χ3v) is 7.05. The van der Waals surface area contributed by atoms with Crippen molar-refractivity contribution in [3.05, 3.63) is 42.5 Å². The smallest absolute Gasteiger partial charge is 0.239 e. The minimum Gasteiger partial charge on any atom is -0.495 e. The first-order valence-corrected chi connectivity index (χ1v) is 13.6. The number of anilines is 3. The Morgan fingerprint density at radius 2 is 1.94 bits per heavy atom. The van der Waals surface area contributed by atoms with Gasteiger partial charge in [0.2, 0.25) is 5.91 Å². The Balaban J connectivity index is 1.76. The molecule has 0 radical (unpaired) electrons. The van der Waals surface area contributed by atoms with Crippen LogP contribution in [0.3, 0.4) is 0 Å². The number of alkyl halides is 1. The summed E-state index contributed by atoms with van der Waals surface area (Å²) in [6.07, 6.45) is -0.328. The molecule has 2 aromatic carbocycles. The predicted octanol–water partition coefficient (Wildman–Crippen LogP) is 3.08. The zero-order chi connectivity index (χ0) is 23.3. The van der Waals surface area contributed by atoms with Gasteiger partial charge in [0, 0.05) is 29.1 Å². The molecule has 1 amide bonds. The molecule has 3 atom stereocenters. The molecule has 3 unspecified atom stereocenters. The summed E-state index contributed by atoms with van der Waals surface area (Å²) >= 11 is 5.59. The Hall–Kier alpha value is -2.25. The van der Waals surface area contributed by atoms with E-state index in [4.69, 9.17) is 16.3 Å². The lowest BCUT2D eigenvalue weighted by atomic mass is 10.1. The summed E-state index contributed by atoms with van der Waals surface area (Å²) in [5.74, 6) is 0.516. The molecule has 1 saturated heterocycles. The Bertz CT molecular complexity index is 999. The Morgan fingerprint density at radius 1 is 1.19 bits per heavy atom. The summed E-state index contributed by atoms with van der Waals surface area (Å²) in [4.78, 5) is 11.6. The first-order valence-electron chi connectivity index (χ1n) is 10.4. The summed E-state index contributed by atoms with van der Waals surface area (Å²) < 4.78 is 18.2. The third kappa shape index (κ3) is 6.17. The van der Waals surface area contributed by atoms with Crippen LogP contribution in [-0.2, 0) is 9.36 Å². The molecule has 1 heterocycles. The summed E-state index contributed by atoms with van der Waals surface area (Å²) in [6.45, 7) is 6.45. The van der Waals surface area contributed by atoms with Crippen LogP contribution in [0.25, 0.3) is 0 Å². The molecule has 0 spiro atoms. The van der Waals surface area contributed by atoms with Gasteiger partial charge in [-0.05, 0) is 43.7 Å². The van der Waals surface area contributed by atoms with Crippen molar-refractivity contribution in [2.45, 2.75) is 19.4 Å². The average Bonchev–Trinajstić information content (AvgIpc) is 2.76. The molecule has 5 N–H and O–H groups in total. The number of carbonyl (C=O) groups is 1. The number of amides is 1. The standard InChI is InChI=1S/C22H31ClN5O3P/c1-14-13-24-22(27-17-11-15(25-20(29)12-23)9-10-18(17)31-2)28-21(14)26-16-7-5-6-8-19(16)32(3,4)30/h5-11,14,21-22,24,26-28H,12-13H2,1-4H3,(H,25,29). The summed E-state index contributed by atoms with van der Waals surface area (Å²) in [5.41, 5.74) is 2.20. The van der Waals surface area contributed by atoms with Crippen molar-refractivity contribution in [2.75, 3.05) is 48.8 Å². The fraction of sp³-hybridized carbons (Fsp3) is 0.409. The molecule has 1 fully saturated rings. The molecule has 1 aliphatic heterocycles. The topological polar surface area (TPSA) is 104 Å². The van der Waals surface area contributed by atoms with Gasteiger partial charge in [0.05, 0.1) is 19.0 Å². The van der Waals surface area contributed by atoms with E-state index in [0.717, 1.165) is 17.5 Å². The van der Waals surface area contributed by atoms with Gasteiger partial charge in [-0.2, -0.15) is 0 Å². The summed E-state index contributed by atoms with van der Waals surface area (Å²) in [5, 5.41) is 17.4. The van der Waals surface area contributed by atoms with Gasteiger partial charge >= 0.3 is 0 Å². The van der Waals surface area contributed by atoms with E-state index < -0.39 is 7.14 Å². The van der Waals surface area contributed by atoms with Crippen LogP contribution in [0.1, 0.15) is 6.92 Å². The van der Waals surface area contributed by atoms with E-state index >= 15 is 0 Å². The number of hydrogen-bond donors (Lipinski definition) is 5. The van der Waals surface area contributed by atoms with Crippen LogP contribution in [0.15, 0.2) is 42.5 Å². The second kappa shape index (κ2) is 10.6. The fourth-order valence-corrected chi connectivity index (χ4v) is 4.81. The van der Waals surface area contributed by atoms with Gasteiger partial charge < -0.3 is 25.3 Å². The minimum absolute atomic E-state index is 0.0634. The number of carbonyl (C=O) groups excluding carboxylic acids is 1. The van der Waals surface area contributed by atoms with E-state index in [2.05, 4.69) is 33.5 Å². The quantitative estimate of drug-likeness (QED) is 0.293. The van der Waals surface area contributed by atoms with Gasteiger partial charge in [-0.1, -0.05) is 19.1 Å². The van der Waals surface area contributed by atoms with E-state index in [0.29, 0.717) is 17.1 Å². The third-order valence-electron chi connectivity index (χ3n) is 5.26. The Labute approximate surface area is 194 Å². The maximum atomic E-state index is 12.7. The number of rotatable bonds is 8. The highest BCUT2D eigenvalue weighted by Gasteiger charge is 2.28. The maximum Gasteiger partial charge on any atom is 0.239 e. The van der Waals surface area contributed by atoms with Crippen molar-refractivity contribution in [2.24, 2.45) is 5.92 Å². The minimum atomic E-state index is -2.43. The molecule has 0 bridgehead atoms. The van der Waals surface area contributed by atoms with Crippen molar-refractivity contribution >= 4 is 47.0 Å². The van der Waals surface area contributed by atoms with E-state index in [1.54, 1.807) is 38.6 Å². The SMILES string of the molecule is COc1ccc(NC(=O)CCl)cc1NC1NCC(C)C(Nc2ccccc2P(C)(C)=O)N1. The number of benzene rings is 2. The van der Waals surface area contributed by atoms with Crippen LogP contribution in [-0.4, -0.2) is 51.2 Å². The normalized spacial score (nSPS) is 21.0. The average molecular weight is 480 g/mol.